The van der Waals surface area contributed by atoms with Crippen molar-refractivity contribution in [3.05, 3.63) is 23.9 Å². The molecule has 0 bridgehead atoms. The third kappa shape index (κ3) is 5.12. The maximum Gasteiger partial charge on any atom is 0.213 e. The Morgan fingerprint density at radius 2 is 1.95 bits per heavy atom. The van der Waals surface area contributed by atoms with E-state index in [0.717, 1.165) is 12.1 Å². The second kappa shape index (κ2) is 7.40. The Hall–Kier alpha value is -1.20. The highest BCUT2D eigenvalue weighted by Crippen LogP contribution is 2.09. The van der Waals surface area contributed by atoms with Crippen molar-refractivity contribution in [2.75, 3.05) is 13.2 Å². The van der Waals surface area contributed by atoms with Gasteiger partial charge in [0.1, 0.15) is 11.6 Å². The van der Waals surface area contributed by atoms with E-state index in [1.54, 1.807) is 12.3 Å². The summed E-state index contributed by atoms with van der Waals surface area (Å²) in [5.74, 6) is 0.604. The first kappa shape index (κ1) is 15.9. The van der Waals surface area contributed by atoms with Crippen LogP contribution in [0.5, 0.6) is 5.88 Å². The van der Waals surface area contributed by atoms with Crippen LogP contribution >= 0.6 is 12.2 Å². The van der Waals surface area contributed by atoms with E-state index in [-0.39, 0.29) is 0 Å². The lowest BCUT2D eigenvalue weighted by Crippen LogP contribution is -2.39. The first-order valence-electron chi connectivity index (χ1n) is 6.56. The van der Waals surface area contributed by atoms with Crippen molar-refractivity contribution >= 4 is 17.2 Å². The molecule has 0 aliphatic carbocycles. The predicted molar refractivity (Wildman–Crippen MR) is 82.6 cm³/mol. The van der Waals surface area contributed by atoms with Gasteiger partial charge < -0.3 is 10.5 Å². The maximum absolute atomic E-state index is 5.63. The van der Waals surface area contributed by atoms with Crippen LogP contribution in [0.2, 0.25) is 0 Å². The molecule has 106 valence electrons. The highest BCUT2D eigenvalue weighted by Gasteiger charge is 2.12. The quantitative estimate of drug-likeness (QED) is 0.777. The Bertz CT molecular complexity index is 396. The molecule has 2 N–H and O–H groups in total. The molecule has 0 aliphatic heterocycles. The van der Waals surface area contributed by atoms with Gasteiger partial charge in [-0.3, -0.25) is 4.90 Å². The molecule has 19 heavy (non-hydrogen) atoms. The molecule has 5 heteroatoms. The van der Waals surface area contributed by atoms with Crippen LogP contribution in [0.4, 0.5) is 0 Å². The van der Waals surface area contributed by atoms with Crippen molar-refractivity contribution in [3.63, 3.8) is 0 Å². The van der Waals surface area contributed by atoms with Crippen molar-refractivity contribution in [3.8, 4) is 5.88 Å². The number of thiocarbonyl (C=S) groups is 1. The predicted octanol–water partition coefficient (Wildman–Crippen LogP) is 2.21. The fourth-order valence-corrected chi connectivity index (χ4v) is 2.10. The SMILES string of the molecule is CC(C)N(CCOc1ccc(C(N)=S)cn1)C(C)C. The van der Waals surface area contributed by atoms with Crippen LogP contribution in [0.25, 0.3) is 0 Å². The Kier molecular flexibility index (Phi) is 6.18. The first-order chi connectivity index (χ1) is 8.91. The topological polar surface area (TPSA) is 51.4 Å². The van der Waals surface area contributed by atoms with Gasteiger partial charge in [-0.25, -0.2) is 4.98 Å². The molecule has 1 aromatic heterocycles. The molecular weight excluding hydrogens is 258 g/mol. The molecule has 1 rings (SSSR count). The molecule has 0 saturated carbocycles. The lowest BCUT2D eigenvalue weighted by atomic mass is 10.2. The van der Waals surface area contributed by atoms with Crippen molar-refractivity contribution in [1.29, 1.82) is 0 Å². The van der Waals surface area contributed by atoms with Gasteiger partial charge >= 0.3 is 0 Å². The minimum absolute atomic E-state index is 0.352. The van der Waals surface area contributed by atoms with Gasteiger partial charge in [0.2, 0.25) is 5.88 Å². The second-order valence-electron chi connectivity index (χ2n) is 5.02. The Labute approximate surface area is 121 Å². The van der Waals surface area contributed by atoms with E-state index in [2.05, 4.69) is 37.6 Å². The Balaban J connectivity index is 2.46. The number of hydrogen-bond acceptors (Lipinski definition) is 4. The van der Waals surface area contributed by atoms with Crippen molar-refractivity contribution in [2.24, 2.45) is 5.73 Å². The van der Waals surface area contributed by atoms with Gasteiger partial charge in [0.15, 0.2) is 0 Å². The normalized spacial score (nSPS) is 11.3. The number of aromatic nitrogens is 1. The monoisotopic (exact) mass is 281 g/mol. The van der Waals surface area contributed by atoms with Crippen LogP contribution in [0.3, 0.4) is 0 Å². The zero-order valence-corrected chi connectivity index (χ0v) is 12.9. The minimum atomic E-state index is 0.352. The van der Waals surface area contributed by atoms with Crippen LogP contribution in [-0.2, 0) is 0 Å². The minimum Gasteiger partial charge on any atom is -0.476 e. The van der Waals surface area contributed by atoms with Crippen molar-refractivity contribution in [1.82, 2.24) is 9.88 Å². The van der Waals surface area contributed by atoms with E-state index in [9.17, 15) is 0 Å². The molecule has 1 aromatic rings. The zero-order chi connectivity index (χ0) is 14.4. The van der Waals surface area contributed by atoms with Crippen LogP contribution < -0.4 is 10.5 Å². The average Bonchev–Trinajstić information content (AvgIpc) is 2.34. The number of nitrogens with zero attached hydrogens (tertiary/aromatic N) is 2. The van der Waals surface area contributed by atoms with E-state index in [1.807, 2.05) is 6.07 Å². The number of ether oxygens (including phenoxy) is 1. The summed E-state index contributed by atoms with van der Waals surface area (Å²) in [4.78, 5) is 6.91. The van der Waals surface area contributed by atoms with Gasteiger partial charge in [-0.15, -0.1) is 0 Å². The van der Waals surface area contributed by atoms with Gasteiger partial charge in [0.05, 0.1) is 0 Å². The van der Waals surface area contributed by atoms with Gasteiger partial charge in [-0.05, 0) is 33.8 Å². The van der Waals surface area contributed by atoms with Gasteiger partial charge in [-0.1, -0.05) is 12.2 Å². The summed E-state index contributed by atoms with van der Waals surface area (Å²) in [5, 5.41) is 0. The number of pyridine rings is 1. The third-order valence-corrected chi connectivity index (χ3v) is 3.18. The smallest absolute Gasteiger partial charge is 0.213 e. The van der Waals surface area contributed by atoms with Gasteiger partial charge in [0.25, 0.3) is 0 Å². The fraction of sp³-hybridized carbons (Fsp3) is 0.571. The fourth-order valence-electron chi connectivity index (χ4n) is 1.98. The van der Waals surface area contributed by atoms with Crippen LogP contribution in [0.15, 0.2) is 18.3 Å². The van der Waals surface area contributed by atoms with E-state index < -0.39 is 0 Å². The van der Waals surface area contributed by atoms with E-state index in [0.29, 0.717) is 29.6 Å². The molecule has 1 heterocycles. The molecule has 0 fully saturated rings. The third-order valence-electron chi connectivity index (χ3n) is 2.95. The molecule has 0 aromatic carbocycles. The summed E-state index contributed by atoms with van der Waals surface area (Å²) in [6.45, 7) is 10.3. The summed E-state index contributed by atoms with van der Waals surface area (Å²) in [6, 6.07) is 4.64. The van der Waals surface area contributed by atoms with E-state index in [1.165, 1.54) is 0 Å². The summed E-state index contributed by atoms with van der Waals surface area (Å²) in [7, 11) is 0. The second-order valence-corrected chi connectivity index (χ2v) is 5.46. The Morgan fingerprint density at radius 3 is 2.37 bits per heavy atom. The van der Waals surface area contributed by atoms with E-state index >= 15 is 0 Å². The molecule has 0 spiro atoms. The molecule has 0 aliphatic rings. The van der Waals surface area contributed by atoms with Gasteiger partial charge in [-0.2, -0.15) is 0 Å². The van der Waals surface area contributed by atoms with Gasteiger partial charge in [0, 0.05) is 36.5 Å². The maximum atomic E-state index is 5.63. The number of hydrogen-bond donors (Lipinski definition) is 1. The van der Waals surface area contributed by atoms with Crippen LogP contribution in [-0.4, -0.2) is 40.1 Å². The lowest BCUT2D eigenvalue weighted by molar-refractivity contribution is 0.140. The number of rotatable bonds is 7. The highest BCUT2D eigenvalue weighted by molar-refractivity contribution is 7.80. The summed E-state index contributed by atoms with van der Waals surface area (Å²) >= 11 is 4.87. The summed E-state index contributed by atoms with van der Waals surface area (Å²) in [6.07, 6.45) is 1.64. The first-order valence-corrected chi connectivity index (χ1v) is 6.97. The summed E-state index contributed by atoms with van der Waals surface area (Å²) in [5.41, 5.74) is 6.27. The molecule has 0 unspecified atom stereocenters. The van der Waals surface area contributed by atoms with Crippen molar-refractivity contribution < 1.29 is 4.74 Å². The standard InChI is InChI=1S/C14H23N3OS/c1-10(2)17(11(3)4)7-8-18-13-6-5-12(9-16-13)14(15)19/h5-6,9-11H,7-8H2,1-4H3,(H2,15,19). The molecule has 0 radical (unpaired) electrons. The Morgan fingerprint density at radius 1 is 1.32 bits per heavy atom. The zero-order valence-electron chi connectivity index (χ0n) is 12.1. The largest absolute Gasteiger partial charge is 0.476 e. The molecule has 0 saturated heterocycles. The lowest BCUT2D eigenvalue weighted by Gasteiger charge is -2.30. The number of nitrogens with two attached hydrogens (primary N) is 1. The molecule has 0 atom stereocenters. The van der Waals surface area contributed by atoms with E-state index in [4.69, 9.17) is 22.7 Å². The van der Waals surface area contributed by atoms with Crippen molar-refractivity contribution in [2.45, 2.75) is 39.8 Å². The molecule has 0 amide bonds. The summed E-state index contributed by atoms with van der Waals surface area (Å²) < 4.78 is 5.63. The molecule has 4 nitrogen and oxygen atoms in total. The highest BCUT2D eigenvalue weighted by atomic mass is 32.1. The molecular formula is C14H23N3OS. The van der Waals surface area contributed by atoms with Crippen LogP contribution in [0.1, 0.15) is 33.3 Å². The average molecular weight is 281 g/mol. The van der Waals surface area contributed by atoms with Crippen LogP contribution in [0, 0.1) is 0 Å².